The maximum Gasteiger partial charge on any atom is 0.334 e. The first-order valence-corrected chi connectivity index (χ1v) is 6.29. The van der Waals surface area contributed by atoms with Gasteiger partial charge in [-0.15, -0.1) is 0 Å². The molecule has 1 heterocycles. The molecule has 0 aromatic heterocycles. The second kappa shape index (κ2) is 5.69. The van der Waals surface area contributed by atoms with Crippen LogP contribution in [-0.2, 0) is 9.53 Å². The molecule has 0 bridgehead atoms. The van der Waals surface area contributed by atoms with Gasteiger partial charge in [0, 0.05) is 24.2 Å². The molecule has 0 saturated carbocycles. The van der Waals surface area contributed by atoms with E-state index in [9.17, 15) is 4.79 Å². The van der Waals surface area contributed by atoms with Crippen molar-refractivity contribution < 1.29 is 14.6 Å². The third kappa shape index (κ3) is 3.02. The molecule has 1 fully saturated rings. The van der Waals surface area contributed by atoms with Crippen LogP contribution in [0.25, 0.3) is 0 Å². The normalized spacial score (nSPS) is 22.7. The van der Waals surface area contributed by atoms with Crippen molar-refractivity contribution >= 4 is 17.6 Å². The number of carbonyl (C=O) groups is 1. The molecular weight excluding hydrogens is 254 g/mol. The highest BCUT2D eigenvalue weighted by Gasteiger charge is 2.29. The minimum Gasteiger partial charge on any atom is -0.479 e. The molecule has 2 atom stereocenters. The Balaban J connectivity index is 2.06. The van der Waals surface area contributed by atoms with E-state index in [-0.39, 0.29) is 6.04 Å². The summed E-state index contributed by atoms with van der Waals surface area (Å²) in [6.45, 7) is 3.68. The van der Waals surface area contributed by atoms with Crippen molar-refractivity contribution in [2.75, 3.05) is 19.7 Å². The van der Waals surface area contributed by atoms with Crippen molar-refractivity contribution in [3.63, 3.8) is 0 Å². The van der Waals surface area contributed by atoms with E-state index in [0.717, 1.165) is 12.1 Å². The molecule has 1 saturated heterocycles. The van der Waals surface area contributed by atoms with E-state index in [0.29, 0.717) is 18.2 Å². The van der Waals surface area contributed by atoms with E-state index in [1.807, 2.05) is 24.3 Å². The predicted octanol–water partition coefficient (Wildman–Crippen LogP) is 2.19. The lowest BCUT2D eigenvalue weighted by molar-refractivity contribution is -0.157. The Kier molecular flexibility index (Phi) is 4.22. The molecule has 1 aliphatic heterocycles. The van der Waals surface area contributed by atoms with E-state index in [1.165, 1.54) is 0 Å². The fourth-order valence-electron chi connectivity index (χ4n) is 2.12. The Morgan fingerprint density at radius 2 is 2.17 bits per heavy atom. The highest BCUT2D eigenvalue weighted by atomic mass is 35.5. The number of rotatable bonds is 3. The van der Waals surface area contributed by atoms with E-state index in [1.54, 1.807) is 0 Å². The minimum atomic E-state index is -0.900. The van der Waals surface area contributed by atoms with Crippen molar-refractivity contribution in [3.8, 4) is 0 Å². The second-order valence-corrected chi connectivity index (χ2v) is 4.86. The number of morpholine rings is 1. The fraction of sp³-hybridized carbons (Fsp3) is 0.462. The number of hydrogen-bond acceptors (Lipinski definition) is 3. The van der Waals surface area contributed by atoms with Gasteiger partial charge in [0.05, 0.1) is 6.61 Å². The predicted molar refractivity (Wildman–Crippen MR) is 68.8 cm³/mol. The summed E-state index contributed by atoms with van der Waals surface area (Å²) < 4.78 is 5.21. The molecule has 1 aromatic carbocycles. The highest BCUT2D eigenvalue weighted by molar-refractivity contribution is 6.30. The quantitative estimate of drug-likeness (QED) is 0.914. The zero-order valence-corrected chi connectivity index (χ0v) is 10.9. The number of benzene rings is 1. The molecule has 1 aliphatic rings. The van der Waals surface area contributed by atoms with Gasteiger partial charge in [0.25, 0.3) is 0 Å². The van der Waals surface area contributed by atoms with Gasteiger partial charge in [-0.2, -0.15) is 0 Å². The van der Waals surface area contributed by atoms with Crippen molar-refractivity contribution in [1.82, 2.24) is 4.90 Å². The van der Waals surface area contributed by atoms with Crippen LogP contribution in [0.3, 0.4) is 0 Å². The van der Waals surface area contributed by atoms with Crippen LogP contribution in [0.1, 0.15) is 18.5 Å². The Morgan fingerprint density at radius 3 is 2.78 bits per heavy atom. The van der Waals surface area contributed by atoms with E-state index in [4.69, 9.17) is 21.4 Å². The second-order valence-electron chi connectivity index (χ2n) is 4.42. The molecule has 4 nitrogen and oxygen atoms in total. The third-order valence-electron chi connectivity index (χ3n) is 3.27. The molecule has 0 spiro atoms. The van der Waals surface area contributed by atoms with Crippen LogP contribution in [0.2, 0.25) is 5.02 Å². The van der Waals surface area contributed by atoms with Crippen LogP contribution in [0.5, 0.6) is 0 Å². The largest absolute Gasteiger partial charge is 0.479 e. The molecular formula is C13H16ClNO3. The Morgan fingerprint density at radius 1 is 1.50 bits per heavy atom. The summed E-state index contributed by atoms with van der Waals surface area (Å²) in [6, 6.07) is 7.80. The van der Waals surface area contributed by atoms with Crippen LogP contribution >= 0.6 is 11.6 Å². The van der Waals surface area contributed by atoms with Crippen LogP contribution in [0, 0.1) is 0 Å². The molecule has 1 N–H and O–H groups in total. The Labute approximate surface area is 111 Å². The number of carboxylic acid groups (broad SMARTS) is 1. The lowest BCUT2D eigenvalue weighted by Gasteiger charge is -2.35. The smallest absolute Gasteiger partial charge is 0.334 e. The van der Waals surface area contributed by atoms with Crippen molar-refractivity contribution in [1.29, 1.82) is 0 Å². The standard InChI is InChI=1S/C13H16ClNO3/c1-9(10-2-4-11(14)5-3-10)15-6-7-18-12(8-15)13(16)17/h2-5,9,12H,6-8H2,1H3,(H,16,17). The first-order valence-electron chi connectivity index (χ1n) is 5.92. The van der Waals surface area contributed by atoms with Gasteiger partial charge in [0.15, 0.2) is 6.10 Å². The number of nitrogens with zero attached hydrogens (tertiary/aromatic N) is 1. The molecule has 0 aliphatic carbocycles. The van der Waals surface area contributed by atoms with Crippen LogP contribution < -0.4 is 0 Å². The summed E-state index contributed by atoms with van der Waals surface area (Å²) in [7, 11) is 0. The first kappa shape index (κ1) is 13.3. The maximum atomic E-state index is 10.9. The van der Waals surface area contributed by atoms with Crippen molar-refractivity contribution in [2.24, 2.45) is 0 Å². The van der Waals surface area contributed by atoms with Gasteiger partial charge >= 0.3 is 5.97 Å². The van der Waals surface area contributed by atoms with Gasteiger partial charge in [-0.05, 0) is 24.6 Å². The summed E-state index contributed by atoms with van der Waals surface area (Å²) in [5, 5.41) is 9.68. The van der Waals surface area contributed by atoms with Gasteiger partial charge in [-0.1, -0.05) is 23.7 Å². The summed E-state index contributed by atoms with van der Waals surface area (Å²) in [5.41, 5.74) is 1.13. The van der Waals surface area contributed by atoms with Gasteiger partial charge in [0.1, 0.15) is 0 Å². The lowest BCUT2D eigenvalue weighted by atomic mass is 10.1. The molecule has 2 rings (SSSR count). The highest BCUT2D eigenvalue weighted by Crippen LogP contribution is 2.23. The van der Waals surface area contributed by atoms with E-state index >= 15 is 0 Å². The molecule has 18 heavy (non-hydrogen) atoms. The van der Waals surface area contributed by atoms with Crippen LogP contribution in [0.4, 0.5) is 0 Å². The number of halogens is 1. The van der Waals surface area contributed by atoms with Crippen molar-refractivity contribution in [2.45, 2.75) is 19.1 Å². The Bertz CT molecular complexity index is 421. The summed E-state index contributed by atoms with van der Waals surface area (Å²) in [5.74, 6) is -0.900. The average molecular weight is 270 g/mol. The zero-order chi connectivity index (χ0) is 13.1. The van der Waals surface area contributed by atoms with E-state index in [2.05, 4.69) is 11.8 Å². The average Bonchev–Trinajstić information content (AvgIpc) is 2.39. The summed E-state index contributed by atoms with van der Waals surface area (Å²) >= 11 is 5.86. The molecule has 2 unspecified atom stereocenters. The minimum absolute atomic E-state index is 0.160. The lowest BCUT2D eigenvalue weighted by Crippen LogP contribution is -2.46. The monoisotopic (exact) mass is 269 g/mol. The topological polar surface area (TPSA) is 49.8 Å². The molecule has 5 heteroatoms. The molecule has 98 valence electrons. The van der Waals surface area contributed by atoms with Gasteiger partial charge in [-0.25, -0.2) is 4.79 Å². The number of aliphatic carboxylic acids is 1. The third-order valence-corrected chi connectivity index (χ3v) is 3.53. The Hall–Kier alpha value is -1.10. The van der Waals surface area contributed by atoms with Crippen molar-refractivity contribution in [3.05, 3.63) is 34.9 Å². The number of carboxylic acids is 1. The van der Waals surface area contributed by atoms with Gasteiger partial charge < -0.3 is 9.84 Å². The van der Waals surface area contributed by atoms with Gasteiger partial charge in [0.2, 0.25) is 0 Å². The number of ether oxygens (including phenoxy) is 1. The molecule has 0 amide bonds. The first-order chi connectivity index (χ1) is 8.58. The molecule has 0 radical (unpaired) electrons. The number of hydrogen-bond donors (Lipinski definition) is 1. The van der Waals surface area contributed by atoms with Crippen LogP contribution in [-0.4, -0.2) is 41.8 Å². The van der Waals surface area contributed by atoms with Gasteiger partial charge in [-0.3, -0.25) is 4.90 Å². The van der Waals surface area contributed by atoms with E-state index < -0.39 is 12.1 Å². The SMILES string of the molecule is CC(c1ccc(Cl)cc1)N1CCOC(C(=O)O)C1. The summed E-state index contributed by atoms with van der Waals surface area (Å²) in [6.07, 6.45) is -0.728. The zero-order valence-electron chi connectivity index (χ0n) is 10.2. The van der Waals surface area contributed by atoms with Crippen LogP contribution in [0.15, 0.2) is 24.3 Å². The summed E-state index contributed by atoms with van der Waals surface area (Å²) in [4.78, 5) is 13.1. The molecule has 1 aromatic rings. The fourth-order valence-corrected chi connectivity index (χ4v) is 2.25. The maximum absolute atomic E-state index is 10.9.